The summed E-state index contributed by atoms with van der Waals surface area (Å²) in [6.07, 6.45) is -9.04. The average Bonchev–Trinajstić information content (AvgIpc) is 2.60. The predicted octanol–water partition coefficient (Wildman–Crippen LogP) is 4.02. The number of halogens is 6. The minimum Gasteiger partial charge on any atom is -0.347 e. The maximum atomic E-state index is 12.7. The van der Waals surface area contributed by atoms with Crippen LogP contribution in [0.1, 0.15) is 16.7 Å². The summed E-state index contributed by atoms with van der Waals surface area (Å²) in [5.74, 6) is -0.814. The molecule has 0 bridgehead atoms. The molecular formula is C18H14F6N2O2. The molecule has 0 aromatic heterocycles. The van der Waals surface area contributed by atoms with Gasteiger partial charge in [-0.2, -0.15) is 26.3 Å². The highest BCUT2D eigenvalue weighted by Gasteiger charge is 2.31. The van der Waals surface area contributed by atoms with E-state index < -0.39 is 35.4 Å². The van der Waals surface area contributed by atoms with Crippen LogP contribution in [0.15, 0.2) is 48.5 Å². The highest BCUT2D eigenvalue weighted by atomic mass is 19.4. The molecule has 1 unspecified atom stereocenters. The molecule has 2 aromatic rings. The lowest BCUT2D eigenvalue weighted by molar-refractivity contribution is -0.138. The number of carbonyl (C=O) groups is 2. The second kappa shape index (κ2) is 8.32. The number of carbonyl (C=O) groups excluding carboxylic acids is 2. The lowest BCUT2D eigenvalue weighted by Gasteiger charge is -2.17. The van der Waals surface area contributed by atoms with Gasteiger partial charge in [-0.05, 0) is 35.9 Å². The Morgan fingerprint density at radius 2 is 1.54 bits per heavy atom. The molecule has 2 amide bonds. The molecule has 2 aromatic carbocycles. The van der Waals surface area contributed by atoms with E-state index in [1.807, 2.05) is 0 Å². The van der Waals surface area contributed by atoms with Crippen molar-refractivity contribution in [2.24, 2.45) is 0 Å². The van der Waals surface area contributed by atoms with E-state index in [2.05, 4.69) is 10.6 Å². The maximum absolute atomic E-state index is 12.7. The van der Waals surface area contributed by atoms with Crippen LogP contribution in [0.25, 0.3) is 0 Å². The van der Waals surface area contributed by atoms with Gasteiger partial charge in [0.2, 0.25) is 12.3 Å². The van der Waals surface area contributed by atoms with Gasteiger partial charge in [0.25, 0.3) is 0 Å². The van der Waals surface area contributed by atoms with Crippen molar-refractivity contribution in [1.29, 1.82) is 0 Å². The van der Waals surface area contributed by atoms with E-state index in [-0.39, 0.29) is 18.5 Å². The zero-order valence-electron chi connectivity index (χ0n) is 14.1. The van der Waals surface area contributed by atoms with E-state index in [0.29, 0.717) is 5.56 Å². The van der Waals surface area contributed by atoms with Crippen molar-refractivity contribution >= 4 is 18.0 Å². The molecule has 0 heterocycles. The number of alkyl halides is 6. The van der Waals surface area contributed by atoms with E-state index >= 15 is 0 Å². The van der Waals surface area contributed by atoms with Crippen molar-refractivity contribution in [1.82, 2.24) is 5.32 Å². The normalized spacial score (nSPS) is 12.9. The molecule has 0 saturated heterocycles. The molecule has 0 aliphatic heterocycles. The SMILES string of the molecule is O=CNC(Cc1ccc(C(F)(F)F)cc1)C(=O)Nc1cccc(C(F)(F)F)c1. The summed E-state index contributed by atoms with van der Waals surface area (Å²) in [6, 6.07) is 6.69. The standard InChI is InChI=1S/C18H14F6N2O2/c19-17(20,21)12-6-4-11(5-7-12)8-15(25-10-27)16(28)26-14-3-1-2-13(9-14)18(22,23)24/h1-7,9-10,15H,8H2,(H,25,27)(H,26,28). The number of rotatable bonds is 6. The van der Waals surface area contributed by atoms with Gasteiger partial charge in [-0.15, -0.1) is 0 Å². The summed E-state index contributed by atoms with van der Waals surface area (Å²) in [4.78, 5) is 23.0. The Morgan fingerprint density at radius 1 is 0.929 bits per heavy atom. The molecule has 0 saturated carbocycles. The van der Waals surface area contributed by atoms with Crippen LogP contribution >= 0.6 is 0 Å². The van der Waals surface area contributed by atoms with Crippen molar-refractivity contribution in [2.45, 2.75) is 24.8 Å². The van der Waals surface area contributed by atoms with Crippen LogP contribution in [0.5, 0.6) is 0 Å². The number of hydrogen-bond acceptors (Lipinski definition) is 2. The largest absolute Gasteiger partial charge is 0.416 e. The van der Waals surface area contributed by atoms with Gasteiger partial charge in [-0.25, -0.2) is 0 Å². The van der Waals surface area contributed by atoms with Gasteiger partial charge in [0.1, 0.15) is 6.04 Å². The summed E-state index contributed by atoms with van der Waals surface area (Å²) in [5, 5.41) is 4.46. The quantitative estimate of drug-likeness (QED) is 0.565. The number of hydrogen-bond donors (Lipinski definition) is 2. The number of anilines is 1. The van der Waals surface area contributed by atoms with Gasteiger partial charge in [0.05, 0.1) is 11.1 Å². The smallest absolute Gasteiger partial charge is 0.347 e. The fourth-order valence-corrected chi connectivity index (χ4v) is 2.38. The lowest BCUT2D eigenvalue weighted by atomic mass is 10.0. The number of nitrogens with one attached hydrogen (secondary N) is 2. The summed E-state index contributed by atoms with van der Waals surface area (Å²) in [5.41, 5.74) is -1.64. The van der Waals surface area contributed by atoms with Crippen molar-refractivity contribution < 1.29 is 35.9 Å². The van der Waals surface area contributed by atoms with Crippen molar-refractivity contribution in [3.8, 4) is 0 Å². The van der Waals surface area contributed by atoms with E-state index in [1.54, 1.807) is 0 Å². The summed E-state index contributed by atoms with van der Waals surface area (Å²) in [6.45, 7) is 0. The van der Waals surface area contributed by atoms with Gasteiger partial charge in [-0.1, -0.05) is 18.2 Å². The first-order chi connectivity index (χ1) is 13.0. The van der Waals surface area contributed by atoms with E-state index in [9.17, 15) is 35.9 Å². The third kappa shape index (κ3) is 5.73. The first-order valence-electron chi connectivity index (χ1n) is 7.84. The molecule has 1 atom stereocenters. The van der Waals surface area contributed by atoms with Crippen LogP contribution in [0.2, 0.25) is 0 Å². The summed E-state index contributed by atoms with van der Waals surface area (Å²) in [7, 11) is 0. The molecule has 0 fully saturated rings. The Kier molecular flexibility index (Phi) is 6.32. The van der Waals surface area contributed by atoms with Crippen LogP contribution in [0.3, 0.4) is 0 Å². The minimum atomic E-state index is -4.60. The Hall–Kier alpha value is -3.04. The molecular weight excluding hydrogens is 390 g/mol. The predicted molar refractivity (Wildman–Crippen MR) is 88.2 cm³/mol. The Morgan fingerprint density at radius 3 is 2.07 bits per heavy atom. The van der Waals surface area contributed by atoms with Crippen LogP contribution in [-0.2, 0) is 28.4 Å². The topological polar surface area (TPSA) is 58.2 Å². The van der Waals surface area contributed by atoms with Crippen LogP contribution in [0, 0.1) is 0 Å². The van der Waals surface area contributed by atoms with Gasteiger partial charge in [-0.3, -0.25) is 9.59 Å². The molecule has 2 rings (SSSR count). The maximum Gasteiger partial charge on any atom is 0.416 e. The fourth-order valence-electron chi connectivity index (χ4n) is 2.38. The Bertz CT molecular complexity index is 831. The van der Waals surface area contributed by atoms with Gasteiger partial charge >= 0.3 is 12.4 Å². The first kappa shape index (κ1) is 21.3. The van der Waals surface area contributed by atoms with Gasteiger partial charge < -0.3 is 10.6 Å². The first-order valence-corrected chi connectivity index (χ1v) is 7.84. The number of benzene rings is 2. The Labute approximate surface area is 155 Å². The molecule has 10 heteroatoms. The highest BCUT2D eigenvalue weighted by molar-refractivity contribution is 5.96. The molecule has 0 aliphatic carbocycles. The molecule has 2 N–H and O–H groups in total. The third-order valence-electron chi connectivity index (χ3n) is 3.76. The van der Waals surface area contributed by atoms with Crippen LogP contribution < -0.4 is 10.6 Å². The monoisotopic (exact) mass is 404 g/mol. The van der Waals surface area contributed by atoms with E-state index in [1.165, 1.54) is 6.07 Å². The minimum absolute atomic E-state index is 0.134. The molecule has 0 radical (unpaired) electrons. The summed E-state index contributed by atoms with van der Waals surface area (Å²) < 4.78 is 76.0. The van der Waals surface area contributed by atoms with Crippen LogP contribution in [-0.4, -0.2) is 18.4 Å². The van der Waals surface area contributed by atoms with E-state index in [0.717, 1.165) is 42.5 Å². The molecule has 28 heavy (non-hydrogen) atoms. The lowest BCUT2D eigenvalue weighted by Crippen LogP contribution is -2.41. The second-order valence-corrected chi connectivity index (χ2v) is 5.80. The van der Waals surface area contributed by atoms with Crippen molar-refractivity contribution in [3.63, 3.8) is 0 Å². The van der Waals surface area contributed by atoms with E-state index in [4.69, 9.17) is 0 Å². The second-order valence-electron chi connectivity index (χ2n) is 5.80. The van der Waals surface area contributed by atoms with Gasteiger partial charge in [0, 0.05) is 12.1 Å². The third-order valence-corrected chi connectivity index (χ3v) is 3.76. The number of amides is 2. The molecule has 0 aliphatic rings. The zero-order chi connectivity index (χ0) is 20.9. The summed E-state index contributed by atoms with van der Waals surface area (Å²) >= 11 is 0. The average molecular weight is 404 g/mol. The van der Waals surface area contributed by atoms with Gasteiger partial charge in [0.15, 0.2) is 0 Å². The molecule has 0 spiro atoms. The molecule has 150 valence electrons. The fraction of sp³-hybridized carbons (Fsp3) is 0.222. The molecule has 4 nitrogen and oxygen atoms in total. The zero-order valence-corrected chi connectivity index (χ0v) is 14.1. The van der Waals surface area contributed by atoms with Crippen LogP contribution in [0.4, 0.5) is 32.0 Å². The van der Waals surface area contributed by atoms with Crippen molar-refractivity contribution in [2.75, 3.05) is 5.32 Å². The highest BCUT2D eigenvalue weighted by Crippen LogP contribution is 2.31. The Balaban J connectivity index is 2.13. The van der Waals surface area contributed by atoms with Crippen molar-refractivity contribution in [3.05, 3.63) is 65.2 Å².